The average Bonchev–Trinajstić information content (AvgIpc) is 2.71. The Kier molecular flexibility index (Phi) is 8.86. The molecule has 2 amide bonds. The van der Waals surface area contributed by atoms with Gasteiger partial charge in [-0.3, -0.25) is 14.4 Å². The third kappa shape index (κ3) is 6.98. The first kappa shape index (κ1) is 25.7. The van der Waals surface area contributed by atoms with Gasteiger partial charge in [0.1, 0.15) is 11.5 Å². The molecule has 0 spiro atoms. The number of amides is 2. The fraction of sp³-hybridized carbons (Fsp3) is 0.435. The van der Waals surface area contributed by atoms with Gasteiger partial charge in [-0.1, -0.05) is 0 Å². The number of anilines is 1. The first-order valence-electron chi connectivity index (χ1n) is 10.8. The lowest BCUT2D eigenvalue weighted by molar-refractivity contribution is 0.0946. The molecule has 0 fully saturated rings. The number of H-pyrrole nitrogens is 1. The Labute approximate surface area is 193 Å². The van der Waals surface area contributed by atoms with Gasteiger partial charge in [-0.15, -0.1) is 0 Å². The van der Waals surface area contributed by atoms with Gasteiger partial charge < -0.3 is 31.2 Å². The molecule has 2 heterocycles. The molecule has 0 aliphatic carbocycles. The van der Waals surface area contributed by atoms with Gasteiger partial charge in [-0.2, -0.15) is 0 Å². The summed E-state index contributed by atoms with van der Waals surface area (Å²) >= 11 is 0. The molecule has 0 aromatic carbocycles. The second kappa shape index (κ2) is 11.4. The van der Waals surface area contributed by atoms with Crippen LogP contribution in [-0.4, -0.2) is 66.1 Å². The molecule has 0 saturated heterocycles. The molecule has 0 aliphatic rings. The zero-order valence-corrected chi connectivity index (χ0v) is 20.0. The molecule has 2 aromatic heterocycles. The fourth-order valence-corrected chi connectivity index (χ4v) is 3.24. The van der Waals surface area contributed by atoms with Crippen LogP contribution in [-0.2, 0) is 6.54 Å². The lowest BCUT2D eigenvalue weighted by Crippen LogP contribution is -2.33. The summed E-state index contributed by atoms with van der Waals surface area (Å²) in [5, 5.41) is 16.5. The van der Waals surface area contributed by atoms with E-state index in [1.807, 2.05) is 38.9 Å². The van der Waals surface area contributed by atoms with E-state index in [1.54, 1.807) is 13.8 Å². The fourth-order valence-electron chi connectivity index (χ4n) is 3.24. The van der Waals surface area contributed by atoms with Crippen molar-refractivity contribution in [1.29, 1.82) is 5.41 Å². The molecule has 178 valence electrons. The number of hydrogen-bond donors (Lipinski definition) is 5. The summed E-state index contributed by atoms with van der Waals surface area (Å²) in [5.74, 6) is -0.653. The van der Waals surface area contributed by atoms with Crippen LogP contribution < -0.4 is 21.5 Å². The normalized spacial score (nSPS) is 10.9. The van der Waals surface area contributed by atoms with Crippen molar-refractivity contribution in [3.8, 4) is 0 Å². The van der Waals surface area contributed by atoms with Crippen LogP contribution >= 0.6 is 0 Å². The van der Waals surface area contributed by atoms with Crippen molar-refractivity contribution in [2.24, 2.45) is 0 Å². The molecule has 0 bridgehead atoms. The molecule has 5 N–H and O–H groups in total. The Morgan fingerprint density at radius 3 is 2.45 bits per heavy atom. The molecule has 33 heavy (non-hydrogen) atoms. The second-order valence-electron chi connectivity index (χ2n) is 8.45. The largest absolute Gasteiger partial charge is 0.367 e. The van der Waals surface area contributed by atoms with Gasteiger partial charge in [0.05, 0.1) is 5.56 Å². The number of carbonyl (C=O) groups is 2. The highest BCUT2D eigenvalue weighted by molar-refractivity contribution is 6.06. The molecular weight excluding hydrogens is 422 g/mol. The van der Waals surface area contributed by atoms with Gasteiger partial charge >= 0.3 is 0 Å². The third-order valence-electron chi connectivity index (χ3n) is 4.87. The van der Waals surface area contributed by atoms with E-state index in [4.69, 9.17) is 5.41 Å². The number of rotatable bonds is 10. The van der Waals surface area contributed by atoms with Crippen LogP contribution in [0.5, 0.6) is 0 Å². The quantitative estimate of drug-likeness (QED) is 0.343. The van der Waals surface area contributed by atoms with Gasteiger partial charge in [0.15, 0.2) is 0 Å². The zero-order chi connectivity index (χ0) is 24.7. The monoisotopic (exact) mass is 455 g/mol. The van der Waals surface area contributed by atoms with E-state index in [9.17, 15) is 14.4 Å². The van der Waals surface area contributed by atoms with Crippen molar-refractivity contribution in [1.82, 2.24) is 25.5 Å². The van der Waals surface area contributed by atoms with E-state index >= 15 is 0 Å². The van der Waals surface area contributed by atoms with E-state index in [0.29, 0.717) is 18.7 Å². The highest BCUT2D eigenvalue weighted by Gasteiger charge is 2.21. The standard InChI is InChI=1S/C23H33N7O3/c1-13(2)27-20-17(11-24)16(10-19(29-20)23(33)25-7-8-30(5)6)21(31)26-12-18-14(3)9-15(4)28-22(18)32/h9-11,13,24H,7-8,12H2,1-6H3,(H,25,33)(H,26,31)(H,27,29)(H,28,32). The lowest BCUT2D eigenvalue weighted by Gasteiger charge is -2.17. The maximum atomic E-state index is 13.1. The van der Waals surface area contributed by atoms with Crippen LogP contribution in [0.4, 0.5) is 5.82 Å². The number of carbonyl (C=O) groups excluding carboxylic acids is 2. The lowest BCUT2D eigenvalue weighted by atomic mass is 10.1. The number of nitrogens with zero attached hydrogens (tertiary/aromatic N) is 2. The predicted molar refractivity (Wildman–Crippen MR) is 129 cm³/mol. The number of likely N-dealkylation sites (N-methyl/N-ethyl adjacent to an activating group) is 1. The Balaban J connectivity index is 2.38. The summed E-state index contributed by atoms with van der Waals surface area (Å²) in [7, 11) is 3.80. The molecular formula is C23H33N7O3. The van der Waals surface area contributed by atoms with Gasteiger partial charge in [0.2, 0.25) is 0 Å². The van der Waals surface area contributed by atoms with Crippen molar-refractivity contribution in [3.05, 3.63) is 56.1 Å². The Hall–Kier alpha value is -3.53. The summed E-state index contributed by atoms with van der Waals surface area (Å²) < 4.78 is 0. The van der Waals surface area contributed by atoms with Crippen LogP contribution in [0.1, 0.15) is 57.1 Å². The first-order valence-corrected chi connectivity index (χ1v) is 10.8. The smallest absolute Gasteiger partial charge is 0.270 e. The van der Waals surface area contributed by atoms with Gasteiger partial charge in [0, 0.05) is 48.7 Å². The molecule has 10 nitrogen and oxygen atoms in total. The van der Waals surface area contributed by atoms with Crippen molar-refractivity contribution in [2.45, 2.75) is 40.3 Å². The SMILES string of the molecule is Cc1cc(C)c(CNC(=O)c2cc(C(=O)NCCN(C)C)nc(NC(C)C)c2C=N)c(=O)[nH]1. The summed E-state index contributed by atoms with van der Waals surface area (Å²) in [6, 6.07) is 3.17. The number of hydrogen-bond acceptors (Lipinski definition) is 7. The van der Waals surface area contributed by atoms with Crippen LogP contribution in [0, 0.1) is 19.3 Å². The number of aromatic amines is 1. The predicted octanol–water partition coefficient (Wildman–Crippen LogP) is 1.43. The molecule has 0 aliphatic heterocycles. The molecule has 0 unspecified atom stereocenters. The summed E-state index contributed by atoms with van der Waals surface area (Å²) in [6.45, 7) is 8.47. The Morgan fingerprint density at radius 1 is 1.18 bits per heavy atom. The maximum absolute atomic E-state index is 13.1. The van der Waals surface area contributed by atoms with Crippen molar-refractivity contribution in [2.75, 3.05) is 32.5 Å². The summed E-state index contributed by atoms with van der Waals surface area (Å²) in [5.41, 5.74) is 2.14. The molecule has 0 saturated carbocycles. The number of pyridine rings is 2. The van der Waals surface area contributed by atoms with Crippen LogP contribution in [0.2, 0.25) is 0 Å². The Morgan fingerprint density at radius 2 is 1.88 bits per heavy atom. The summed E-state index contributed by atoms with van der Waals surface area (Å²) in [4.78, 5) is 47.1. The second-order valence-corrected chi connectivity index (χ2v) is 8.45. The number of aromatic nitrogens is 2. The van der Waals surface area contributed by atoms with Crippen molar-refractivity contribution < 1.29 is 9.59 Å². The molecule has 10 heteroatoms. The minimum atomic E-state index is -0.510. The van der Waals surface area contributed by atoms with Gasteiger partial charge in [-0.25, -0.2) is 4.98 Å². The van der Waals surface area contributed by atoms with E-state index < -0.39 is 11.8 Å². The molecule has 0 atom stereocenters. The van der Waals surface area contributed by atoms with Crippen LogP contribution in [0.15, 0.2) is 16.9 Å². The van der Waals surface area contributed by atoms with Crippen LogP contribution in [0.3, 0.4) is 0 Å². The average molecular weight is 456 g/mol. The highest BCUT2D eigenvalue weighted by Crippen LogP contribution is 2.19. The van der Waals surface area contributed by atoms with E-state index in [2.05, 4.69) is 25.9 Å². The molecule has 0 radical (unpaired) electrons. The van der Waals surface area contributed by atoms with Gasteiger partial charge in [-0.05, 0) is 59.5 Å². The zero-order valence-electron chi connectivity index (χ0n) is 20.0. The summed E-state index contributed by atoms with van der Waals surface area (Å²) in [6.07, 6.45) is 1.03. The number of nitrogens with one attached hydrogen (secondary N) is 5. The topological polar surface area (TPSA) is 143 Å². The van der Waals surface area contributed by atoms with Crippen molar-refractivity contribution in [3.63, 3.8) is 0 Å². The minimum Gasteiger partial charge on any atom is -0.367 e. The van der Waals surface area contributed by atoms with E-state index in [1.165, 1.54) is 6.07 Å². The maximum Gasteiger partial charge on any atom is 0.270 e. The Bertz CT molecular complexity index is 1090. The van der Waals surface area contributed by atoms with Gasteiger partial charge in [0.25, 0.3) is 17.4 Å². The van der Waals surface area contributed by atoms with Crippen molar-refractivity contribution >= 4 is 23.8 Å². The molecule has 2 rings (SSSR count). The number of aryl methyl sites for hydroxylation is 2. The third-order valence-corrected chi connectivity index (χ3v) is 4.87. The highest BCUT2D eigenvalue weighted by atomic mass is 16.2. The first-order chi connectivity index (χ1) is 15.5. The van der Waals surface area contributed by atoms with E-state index in [0.717, 1.165) is 17.5 Å². The van der Waals surface area contributed by atoms with Crippen LogP contribution in [0.25, 0.3) is 0 Å². The van der Waals surface area contributed by atoms with E-state index in [-0.39, 0.29) is 40.8 Å². The minimum absolute atomic E-state index is 0.0113. The molecule has 2 aromatic rings.